The van der Waals surface area contributed by atoms with Crippen LogP contribution in [0.4, 0.5) is 8.78 Å². The van der Waals surface area contributed by atoms with Crippen LogP contribution in [0.1, 0.15) is 25.8 Å². The lowest BCUT2D eigenvalue weighted by Gasteiger charge is -2.41. The number of benzene rings is 1. The maximum absolute atomic E-state index is 14.1. The lowest BCUT2D eigenvalue weighted by Crippen LogP contribution is -2.56. The number of hydrogen-bond donors (Lipinski definition) is 1. The van der Waals surface area contributed by atoms with Crippen molar-refractivity contribution >= 4 is 16.0 Å². The van der Waals surface area contributed by atoms with Gasteiger partial charge in [-0.15, -0.1) is 0 Å². The zero-order chi connectivity index (χ0) is 16.0. The first-order valence-corrected chi connectivity index (χ1v) is 7.93. The van der Waals surface area contributed by atoms with E-state index < -0.39 is 32.4 Å². The average Bonchev–Trinajstić information content (AvgIpc) is 2.39. The van der Waals surface area contributed by atoms with Gasteiger partial charge in [0.25, 0.3) is 0 Å². The fraction of sp³-hybridized carbons (Fsp3) is 0.462. The molecule has 0 amide bonds. The van der Waals surface area contributed by atoms with Crippen LogP contribution in [-0.2, 0) is 15.6 Å². The normalized spacial score (nSPS) is 28.3. The summed E-state index contributed by atoms with van der Waals surface area (Å²) in [6.45, 7) is 3.11. The van der Waals surface area contributed by atoms with E-state index in [2.05, 4.69) is 4.99 Å². The number of sulfonamides is 1. The van der Waals surface area contributed by atoms with Crippen molar-refractivity contribution in [2.24, 2.45) is 10.7 Å². The van der Waals surface area contributed by atoms with Gasteiger partial charge < -0.3 is 5.73 Å². The zero-order valence-electron chi connectivity index (χ0n) is 12.0. The largest absolute Gasteiger partial charge is 0.369 e. The second kappa shape index (κ2) is 4.94. The molecule has 0 saturated heterocycles. The Morgan fingerprint density at radius 3 is 2.62 bits per heavy atom. The molecular formula is C13H17F2N3O2S. The maximum Gasteiger partial charge on any atom is 0.242 e. The molecule has 0 bridgehead atoms. The number of halogens is 2. The third-order valence-electron chi connectivity index (χ3n) is 3.88. The van der Waals surface area contributed by atoms with Gasteiger partial charge in [-0.1, -0.05) is 6.92 Å². The number of hydrogen-bond acceptors (Lipinski definition) is 4. The van der Waals surface area contributed by atoms with Crippen molar-refractivity contribution in [3.05, 3.63) is 35.4 Å². The van der Waals surface area contributed by atoms with Crippen LogP contribution in [-0.4, -0.2) is 31.0 Å². The van der Waals surface area contributed by atoms with Crippen molar-refractivity contribution in [1.29, 1.82) is 0 Å². The van der Waals surface area contributed by atoms with Gasteiger partial charge in [-0.3, -0.25) is 0 Å². The van der Waals surface area contributed by atoms with Gasteiger partial charge in [-0.2, -0.15) is 0 Å². The first-order chi connectivity index (χ1) is 9.64. The Kier molecular flexibility index (Phi) is 3.69. The van der Waals surface area contributed by atoms with E-state index in [9.17, 15) is 17.2 Å². The van der Waals surface area contributed by atoms with Gasteiger partial charge in [0.15, 0.2) is 0 Å². The lowest BCUT2D eigenvalue weighted by molar-refractivity contribution is 0.384. The number of nitrogens with two attached hydrogens (primary N) is 1. The van der Waals surface area contributed by atoms with Crippen molar-refractivity contribution < 1.29 is 17.2 Å². The molecule has 0 unspecified atom stereocenters. The Bertz CT molecular complexity index is 705. The average molecular weight is 317 g/mol. The van der Waals surface area contributed by atoms with E-state index in [0.717, 1.165) is 22.5 Å². The molecule has 1 heterocycles. The maximum atomic E-state index is 14.1. The minimum absolute atomic E-state index is 0.117. The molecule has 1 aromatic rings. The van der Waals surface area contributed by atoms with E-state index in [4.69, 9.17) is 5.73 Å². The third-order valence-corrected chi connectivity index (χ3v) is 6.34. The van der Waals surface area contributed by atoms with Gasteiger partial charge in [0.2, 0.25) is 16.0 Å². The van der Waals surface area contributed by atoms with Crippen LogP contribution in [0.3, 0.4) is 0 Å². The molecule has 0 aliphatic carbocycles. The quantitative estimate of drug-likeness (QED) is 0.899. The van der Waals surface area contributed by atoms with E-state index in [1.807, 2.05) is 0 Å². The van der Waals surface area contributed by atoms with Crippen molar-refractivity contribution in [3.8, 4) is 0 Å². The molecular weight excluding hydrogens is 300 g/mol. The first-order valence-electron chi connectivity index (χ1n) is 6.43. The highest BCUT2D eigenvalue weighted by Crippen LogP contribution is 2.40. The molecule has 0 spiro atoms. The predicted octanol–water partition coefficient (Wildman–Crippen LogP) is 1.55. The van der Waals surface area contributed by atoms with E-state index in [-0.39, 0.29) is 17.9 Å². The van der Waals surface area contributed by atoms with Crippen LogP contribution in [0.5, 0.6) is 0 Å². The molecule has 1 aliphatic rings. The Hall–Kier alpha value is -1.70. The van der Waals surface area contributed by atoms with Crippen LogP contribution in [0.15, 0.2) is 23.2 Å². The summed E-state index contributed by atoms with van der Waals surface area (Å²) in [6.07, 6.45) is 0.190. The van der Waals surface area contributed by atoms with Gasteiger partial charge in [0.05, 0.1) is 0 Å². The second-order valence-corrected chi connectivity index (χ2v) is 7.30. The number of nitrogens with zero attached hydrogens (tertiary/aromatic N) is 2. The number of aliphatic imine (C=N–C) groups is 1. The van der Waals surface area contributed by atoms with Crippen LogP contribution in [0.25, 0.3) is 0 Å². The summed E-state index contributed by atoms with van der Waals surface area (Å²) in [6, 6.07) is 2.90. The minimum Gasteiger partial charge on any atom is -0.369 e. The molecule has 21 heavy (non-hydrogen) atoms. The van der Waals surface area contributed by atoms with Crippen LogP contribution < -0.4 is 5.73 Å². The summed E-state index contributed by atoms with van der Waals surface area (Å²) in [5.74, 6) is -1.62. The summed E-state index contributed by atoms with van der Waals surface area (Å²) in [4.78, 5) is 4.15. The summed E-state index contributed by atoms with van der Waals surface area (Å²) >= 11 is 0. The van der Waals surface area contributed by atoms with Crippen LogP contribution >= 0.6 is 0 Å². The van der Waals surface area contributed by atoms with E-state index in [1.165, 1.54) is 14.0 Å². The topological polar surface area (TPSA) is 75.8 Å². The Morgan fingerprint density at radius 1 is 1.43 bits per heavy atom. The van der Waals surface area contributed by atoms with Crippen LogP contribution in [0, 0.1) is 11.6 Å². The molecule has 1 aromatic carbocycles. The molecule has 0 fully saturated rings. The SMILES string of the molecule is CC[C@H]1[C@@](C)(c2cc(F)ccc2F)N=C(N)N(C)S1(=O)=O. The monoisotopic (exact) mass is 317 g/mol. The smallest absolute Gasteiger partial charge is 0.242 e. The fourth-order valence-electron chi connectivity index (χ4n) is 2.72. The van der Waals surface area contributed by atoms with Crippen molar-refractivity contribution in [1.82, 2.24) is 4.31 Å². The molecule has 2 rings (SSSR count). The molecule has 5 nitrogen and oxygen atoms in total. The van der Waals surface area contributed by atoms with Gasteiger partial charge in [0, 0.05) is 12.6 Å². The zero-order valence-corrected chi connectivity index (χ0v) is 12.8. The molecule has 8 heteroatoms. The highest BCUT2D eigenvalue weighted by Gasteiger charge is 2.50. The fourth-order valence-corrected chi connectivity index (χ4v) is 4.58. The van der Waals surface area contributed by atoms with Crippen molar-refractivity contribution in [2.75, 3.05) is 7.05 Å². The van der Waals surface area contributed by atoms with Gasteiger partial charge >= 0.3 is 0 Å². The lowest BCUT2D eigenvalue weighted by atomic mass is 9.87. The number of guanidine groups is 1. The molecule has 0 aromatic heterocycles. The van der Waals surface area contributed by atoms with Gasteiger partial charge in [-0.05, 0) is 31.5 Å². The molecule has 0 saturated carbocycles. The molecule has 2 N–H and O–H groups in total. The molecule has 1 aliphatic heterocycles. The number of rotatable bonds is 2. The van der Waals surface area contributed by atoms with E-state index in [0.29, 0.717) is 0 Å². The second-order valence-electron chi connectivity index (χ2n) is 5.15. The predicted molar refractivity (Wildman–Crippen MR) is 76.1 cm³/mol. The highest BCUT2D eigenvalue weighted by atomic mass is 32.2. The molecule has 2 atom stereocenters. The van der Waals surface area contributed by atoms with Crippen LogP contribution in [0.2, 0.25) is 0 Å². The Balaban J connectivity index is 2.77. The van der Waals surface area contributed by atoms with Gasteiger partial charge in [-0.25, -0.2) is 26.5 Å². The molecule has 116 valence electrons. The summed E-state index contributed by atoms with van der Waals surface area (Å²) in [7, 11) is -2.51. The minimum atomic E-state index is -3.80. The Labute approximate surface area is 122 Å². The summed E-state index contributed by atoms with van der Waals surface area (Å²) in [5.41, 5.74) is 4.06. The summed E-state index contributed by atoms with van der Waals surface area (Å²) < 4.78 is 53.4. The summed E-state index contributed by atoms with van der Waals surface area (Å²) in [5, 5.41) is -1.03. The molecule has 0 radical (unpaired) electrons. The van der Waals surface area contributed by atoms with Gasteiger partial charge in [0.1, 0.15) is 22.4 Å². The first kappa shape index (κ1) is 15.7. The van der Waals surface area contributed by atoms with E-state index in [1.54, 1.807) is 6.92 Å². The standard InChI is InChI=1S/C13H17F2N3O2S/c1-4-11-13(2,9-7-8(14)5-6-10(9)15)17-12(16)18(3)21(11,19)20/h5-7,11H,4H2,1-3H3,(H2,16,17)/t11-,13+/m0/s1. The third kappa shape index (κ3) is 2.27. The van der Waals surface area contributed by atoms with Crippen molar-refractivity contribution in [2.45, 2.75) is 31.1 Å². The van der Waals surface area contributed by atoms with E-state index >= 15 is 0 Å². The Morgan fingerprint density at radius 2 is 2.05 bits per heavy atom. The highest BCUT2D eigenvalue weighted by molar-refractivity contribution is 7.90. The van der Waals surface area contributed by atoms with Crippen molar-refractivity contribution in [3.63, 3.8) is 0 Å².